The summed E-state index contributed by atoms with van der Waals surface area (Å²) in [4.78, 5) is 49.5. The van der Waals surface area contributed by atoms with Crippen LogP contribution in [0, 0.1) is 30.9 Å². The first-order chi connectivity index (χ1) is 16.6. The van der Waals surface area contributed by atoms with E-state index in [0.29, 0.717) is 23.0 Å². The summed E-state index contributed by atoms with van der Waals surface area (Å²) < 4.78 is 5.75. The first kappa shape index (κ1) is 24.0. The number of rotatable bonds is 6. The lowest BCUT2D eigenvalue weighted by molar-refractivity contribution is -0.384. The lowest BCUT2D eigenvalue weighted by Crippen LogP contribution is -2.36. The molecule has 10 heteroatoms. The van der Waals surface area contributed by atoms with Crippen molar-refractivity contribution in [2.45, 2.75) is 20.8 Å². The molecule has 35 heavy (non-hydrogen) atoms. The van der Waals surface area contributed by atoms with Gasteiger partial charge in [0.05, 0.1) is 15.4 Å². The highest BCUT2D eigenvalue weighted by atomic mass is 32.2. The second kappa shape index (κ2) is 9.59. The summed E-state index contributed by atoms with van der Waals surface area (Å²) in [6.45, 7) is 5.13. The maximum Gasteiger partial charge on any atom is 0.294 e. The maximum atomic E-state index is 12.8. The van der Waals surface area contributed by atoms with Gasteiger partial charge in [0.1, 0.15) is 18.1 Å². The number of thioether (sulfide) groups is 1. The number of benzene rings is 2. The molecule has 0 spiro atoms. The fourth-order valence-electron chi connectivity index (χ4n) is 3.47. The molecular formula is C25H21N3O6S. The Morgan fingerprint density at radius 2 is 1.77 bits per heavy atom. The van der Waals surface area contributed by atoms with Gasteiger partial charge in [0.2, 0.25) is 5.91 Å². The third-order valence-electron chi connectivity index (χ3n) is 5.48. The monoisotopic (exact) mass is 491 g/mol. The van der Waals surface area contributed by atoms with Crippen molar-refractivity contribution in [1.29, 1.82) is 0 Å². The second-order valence-corrected chi connectivity index (χ2v) is 9.09. The van der Waals surface area contributed by atoms with Gasteiger partial charge in [-0.3, -0.25) is 29.4 Å². The Bertz CT molecular complexity index is 1390. The van der Waals surface area contributed by atoms with Gasteiger partial charge in [-0.2, -0.15) is 0 Å². The van der Waals surface area contributed by atoms with Gasteiger partial charge in [-0.15, -0.1) is 0 Å². The highest BCUT2D eigenvalue weighted by Gasteiger charge is 2.36. The average molecular weight is 492 g/mol. The number of amides is 3. The number of nitrogens with one attached hydrogen (secondary N) is 1. The fourth-order valence-corrected chi connectivity index (χ4v) is 4.29. The van der Waals surface area contributed by atoms with E-state index in [9.17, 15) is 24.5 Å². The largest absolute Gasteiger partial charge is 0.456 e. The molecule has 1 aliphatic rings. The molecule has 0 radical (unpaired) electrons. The molecular weight excluding hydrogens is 470 g/mol. The van der Waals surface area contributed by atoms with Gasteiger partial charge in [0.15, 0.2) is 0 Å². The van der Waals surface area contributed by atoms with Crippen LogP contribution < -0.4 is 5.32 Å². The van der Waals surface area contributed by atoms with Gasteiger partial charge in [0, 0.05) is 17.8 Å². The number of furan rings is 1. The number of aryl methyl sites for hydroxylation is 3. The molecule has 0 saturated carbocycles. The number of nitro benzene ring substituents is 1. The van der Waals surface area contributed by atoms with Gasteiger partial charge in [-0.25, -0.2) is 0 Å². The van der Waals surface area contributed by atoms with Crippen LogP contribution >= 0.6 is 11.8 Å². The van der Waals surface area contributed by atoms with Gasteiger partial charge in [-0.1, -0.05) is 17.7 Å². The quantitative estimate of drug-likeness (QED) is 0.276. The third kappa shape index (κ3) is 5.17. The molecule has 1 aliphatic heterocycles. The second-order valence-electron chi connectivity index (χ2n) is 8.09. The Hall–Kier alpha value is -4.18. The molecule has 2 heterocycles. The number of carbonyl (C=O) groups is 3. The lowest BCUT2D eigenvalue weighted by Gasteiger charge is -2.12. The number of nitro groups is 1. The molecule has 0 aliphatic carbocycles. The molecule has 3 amide bonds. The van der Waals surface area contributed by atoms with Crippen molar-refractivity contribution in [1.82, 2.24) is 4.90 Å². The molecule has 0 bridgehead atoms. The number of carbonyl (C=O) groups excluding carboxylic acids is 3. The highest BCUT2D eigenvalue weighted by Crippen LogP contribution is 2.36. The molecule has 178 valence electrons. The Morgan fingerprint density at radius 1 is 1.09 bits per heavy atom. The van der Waals surface area contributed by atoms with E-state index in [1.165, 1.54) is 12.1 Å². The highest BCUT2D eigenvalue weighted by molar-refractivity contribution is 8.18. The molecule has 1 N–H and O–H groups in total. The zero-order valence-corrected chi connectivity index (χ0v) is 20.0. The van der Waals surface area contributed by atoms with Crippen LogP contribution in [0.4, 0.5) is 16.2 Å². The van der Waals surface area contributed by atoms with Gasteiger partial charge >= 0.3 is 0 Å². The van der Waals surface area contributed by atoms with Crippen molar-refractivity contribution in [2.75, 3.05) is 11.9 Å². The van der Waals surface area contributed by atoms with Crippen LogP contribution in [0.1, 0.15) is 22.5 Å². The first-order valence-electron chi connectivity index (χ1n) is 10.6. The van der Waals surface area contributed by atoms with Crippen LogP contribution in [0.3, 0.4) is 0 Å². The van der Waals surface area contributed by atoms with E-state index >= 15 is 0 Å². The Morgan fingerprint density at radius 3 is 2.46 bits per heavy atom. The van der Waals surface area contributed by atoms with Crippen LogP contribution in [0.15, 0.2) is 57.9 Å². The summed E-state index contributed by atoms with van der Waals surface area (Å²) in [5.74, 6) is -0.598. The van der Waals surface area contributed by atoms with E-state index in [4.69, 9.17) is 4.42 Å². The Kier molecular flexibility index (Phi) is 6.57. The van der Waals surface area contributed by atoms with Crippen molar-refractivity contribution in [3.63, 3.8) is 0 Å². The smallest absolute Gasteiger partial charge is 0.294 e. The van der Waals surface area contributed by atoms with Crippen molar-refractivity contribution < 1.29 is 23.7 Å². The van der Waals surface area contributed by atoms with Crippen LogP contribution in [-0.4, -0.2) is 33.4 Å². The van der Waals surface area contributed by atoms with Crippen molar-refractivity contribution in [3.05, 3.63) is 86.0 Å². The van der Waals surface area contributed by atoms with Crippen molar-refractivity contribution >= 4 is 46.3 Å². The Labute approximate surface area is 204 Å². The van der Waals surface area contributed by atoms with Crippen LogP contribution in [0.25, 0.3) is 17.4 Å². The van der Waals surface area contributed by atoms with Crippen molar-refractivity contribution in [2.24, 2.45) is 0 Å². The summed E-state index contributed by atoms with van der Waals surface area (Å²) in [7, 11) is 0. The fraction of sp³-hybridized carbons (Fsp3) is 0.160. The predicted octanol–water partition coefficient (Wildman–Crippen LogP) is 5.46. The zero-order valence-electron chi connectivity index (χ0n) is 19.2. The molecule has 2 aromatic carbocycles. The van der Waals surface area contributed by atoms with Gasteiger partial charge in [0.25, 0.3) is 16.8 Å². The van der Waals surface area contributed by atoms with E-state index in [-0.39, 0.29) is 22.1 Å². The van der Waals surface area contributed by atoms with E-state index in [1.807, 2.05) is 26.0 Å². The van der Waals surface area contributed by atoms with Crippen molar-refractivity contribution in [3.8, 4) is 11.3 Å². The Balaban J connectivity index is 1.51. The number of imide groups is 1. The zero-order chi connectivity index (χ0) is 25.3. The van der Waals surface area contributed by atoms with E-state index in [1.54, 1.807) is 37.3 Å². The minimum absolute atomic E-state index is 0.0890. The summed E-state index contributed by atoms with van der Waals surface area (Å²) in [5.41, 5.74) is 3.48. The topological polar surface area (TPSA) is 123 Å². The molecule has 1 fully saturated rings. The molecule has 0 atom stereocenters. The summed E-state index contributed by atoms with van der Waals surface area (Å²) in [5, 5.41) is 13.6. The number of hydrogen-bond acceptors (Lipinski definition) is 7. The molecule has 1 aromatic heterocycles. The standard InChI is InChI=1S/C25H21N3O6S/c1-14-4-6-17(7-5-14)26-23(29)13-27-24(30)22(35-25(27)31)12-18-8-9-21(34-18)19-10-15(2)16(3)11-20(19)28(32)33/h4-12H,13H2,1-3H3,(H,26,29)/b22-12-. The molecule has 1 saturated heterocycles. The number of hydrogen-bond donors (Lipinski definition) is 1. The minimum Gasteiger partial charge on any atom is -0.456 e. The molecule has 4 rings (SSSR count). The third-order valence-corrected chi connectivity index (χ3v) is 6.39. The summed E-state index contributed by atoms with van der Waals surface area (Å²) in [6, 6.07) is 13.4. The number of anilines is 1. The lowest BCUT2D eigenvalue weighted by atomic mass is 10.0. The SMILES string of the molecule is Cc1ccc(NC(=O)CN2C(=O)S/C(=C\c3ccc(-c4cc(C)c(C)cc4[N+](=O)[O-])o3)C2=O)cc1. The van der Waals surface area contributed by atoms with Crippen LogP contribution in [0.2, 0.25) is 0 Å². The molecule has 3 aromatic rings. The van der Waals surface area contributed by atoms with Crippen LogP contribution in [0.5, 0.6) is 0 Å². The van der Waals surface area contributed by atoms with Gasteiger partial charge in [-0.05, 0) is 74.0 Å². The average Bonchev–Trinajstić information content (AvgIpc) is 3.37. The predicted molar refractivity (Wildman–Crippen MR) is 133 cm³/mol. The molecule has 9 nitrogen and oxygen atoms in total. The minimum atomic E-state index is -0.617. The van der Waals surface area contributed by atoms with Gasteiger partial charge < -0.3 is 9.73 Å². The van der Waals surface area contributed by atoms with E-state index < -0.39 is 28.5 Å². The summed E-state index contributed by atoms with van der Waals surface area (Å²) >= 11 is 0.695. The first-order valence-corrected chi connectivity index (χ1v) is 11.4. The molecule has 0 unspecified atom stereocenters. The summed E-state index contributed by atoms with van der Waals surface area (Å²) in [6.07, 6.45) is 1.39. The maximum absolute atomic E-state index is 12.8. The number of nitrogens with zero attached hydrogens (tertiary/aromatic N) is 2. The normalized spacial score (nSPS) is 14.6. The van der Waals surface area contributed by atoms with E-state index in [2.05, 4.69) is 5.32 Å². The van der Waals surface area contributed by atoms with E-state index in [0.717, 1.165) is 21.6 Å². The van der Waals surface area contributed by atoms with Crippen LogP contribution in [-0.2, 0) is 9.59 Å².